The zero-order valence-electron chi connectivity index (χ0n) is 28.0. The van der Waals surface area contributed by atoms with Crippen molar-refractivity contribution in [3.05, 3.63) is 119 Å². The van der Waals surface area contributed by atoms with Crippen molar-refractivity contribution in [2.75, 3.05) is 25.1 Å². The van der Waals surface area contributed by atoms with Crippen LogP contribution in [0.3, 0.4) is 0 Å². The maximum absolute atomic E-state index is 14.7. The molecule has 0 heterocycles. The van der Waals surface area contributed by atoms with E-state index in [1.807, 2.05) is 37.3 Å². The number of aryl methyl sites for hydroxylation is 1. The standard InChI is InChI=1S/C38H42ClN3O6S/c1-27-13-20-33(21-14-27)49(45,46)42(32-19-22-35(47-2)36(24-32)48-3)26-37(43)41(25-29-15-17-30(39)18-16-29)34(23-28-9-5-4-6-10-28)38(44)40-31-11-7-8-12-31/h4-6,9-10,13-22,24,31,34H,7-8,11-12,23,25-26H2,1-3H3,(H,40,44)/t34-/m0/s1. The second-order valence-electron chi connectivity index (χ2n) is 12.2. The number of amides is 2. The molecule has 0 saturated heterocycles. The number of carbonyl (C=O) groups is 2. The highest BCUT2D eigenvalue weighted by atomic mass is 35.5. The minimum atomic E-state index is -4.27. The van der Waals surface area contributed by atoms with Crippen LogP contribution < -0.4 is 19.1 Å². The number of carbonyl (C=O) groups excluding carboxylic acids is 2. The number of nitrogens with one attached hydrogen (secondary N) is 1. The van der Waals surface area contributed by atoms with Gasteiger partial charge in [-0.05, 0) is 67.3 Å². The van der Waals surface area contributed by atoms with Crippen LogP contribution in [0.2, 0.25) is 5.02 Å². The number of hydrogen-bond acceptors (Lipinski definition) is 6. The largest absolute Gasteiger partial charge is 0.493 e. The third-order valence-electron chi connectivity index (χ3n) is 8.78. The Kier molecular flexibility index (Phi) is 11.9. The Bertz CT molecular complexity index is 1830. The molecule has 0 spiro atoms. The number of methoxy groups -OCH3 is 2. The molecule has 0 radical (unpaired) electrons. The number of nitrogens with zero attached hydrogens (tertiary/aromatic N) is 2. The Morgan fingerprint density at radius 1 is 0.857 bits per heavy atom. The molecule has 1 aliphatic carbocycles. The fourth-order valence-electron chi connectivity index (χ4n) is 6.05. The summed E-state index contributed by atoms with van der Waals surface area (Å²) in [5, 5.41) is 3.72. The summed E-state index contributed by atoms with van der Waals surface area (Å²) in [6, 6.07) is 26.8. The van der Waals surface area contributed by atoms with Crippen LogP contribution in [0.15, 0.2) is 102 Å². The lowest BCUT2D eigenvalue weighted by atomic mass is 10.0. The molecule has 1 atom stereocenters. The molecular weight excluding hydrogens is 662 g/mol. The van der Waals surface area contributed by atoms with E-state index in [4.69, 9.17) is 21.1 Å². The molecule has 4 aromatic rings. The van der Waals surface area contributed by atoms with Crippen LogP contribution in [0.1, 0.15) is 42.4 Å². The van der Waals surface area contributed by atoms with Gasteiger partial charge in [0.05, 0.1) is 24.8 Å². The quantitative estimate of drug-likeness (QED) is 0.160. The van der Waals surface area contributed by atoms with Crippen molar-refractivity contribution >= 4 is 39.1 Å². The van der Waals surface area contributed by atoms with E-state index in [1.165, 1.54) is 37.3 Å². The number of halogens is 1. The Labute approximate surface area is 293 Å². The number of hydrogen-bond donors (Lipinski definition) is 1. The molecule has 0 unspecified atom stereocenters. The predicted octanol–water partition coefficient (Wildman–Crippen LogP) is 6.56. The molecule has 11 heteroatoms. The first-order chi connectivity index (χ1) is 23.6. The van der Waals surface area contributed by atoms with Crippen molar-refractivity contribution in [2.45, 2.75) is 62.6 Å². The van der Waals surface area contributed by atoms with E-state index in [1.54, 1.807) is 48.5 Å². The second-order valence-corrected chi connectivity index (χ2v) is 14.5. The summed E-state index contributed by atoms with van der Waals surface area (Å²) in [6.07, 6.45) is 4.03. The van der Waals surface area contributed by atoms with Crippen LogP contribution in [0.25, 0.3) is 0 Å². The van der Waals surface area contributed by atoms with E-state index >= 15 is 0 Å². The summed E-state index contributed by atoms with van der Waals surface area (Å²) in [6.45, 7) is 1.33. The van der Waals surface area contributed by atoms with Crippen molar-refractivity contribution in [1.82, 2.24) is 10.2 Å². The maximum Gasteiger partial charge on any atom is 0.264 e. The van der Waals surface area contributed by atoms with Gasteiger partial charge in [-0.1, -0.05) is 84.6 Å². The number of sulfonamides is 1. The molecule has 0 aliphatic heterocycles. The lowest BCUT2D eigenvalue weighted by molar-refractivity contribution is -0.140. The molecule has 4 aromatic carbocycles. The Morgan fingerprint density at radius 3 is 2.14 bits per heavy atom. The van der Waals surface area contributed by atoms with Gasteiger partial charge in [-0.25, -0.2) is 8.42 Å². The van der Waals surface area contributed by atoms with Crippen molar-refractivity contribution < 1.29 is 27.5 Å². The van der Waals surface area contributed by atoms with Crippen molar-refractivity contribution in [3.63, 3.8) is 0 Å². The first-order valence-electron chi connectivity index (χ1n) is 16.3. The van der Waals surface area contributed by atoms with Crippen LogP contribution in [0.5, 0.6) is 11.5 Å². The second kappa shape index (κ2) is 16.2. The number of benzene rings is 4. The lowest BCUT2D eigenvalue weighted by Crippen LogP contribution is -2.54. The molecule has 0 aromatic heterocycles. The van der Waals surface area contributed by atoms with Crippen molar-refractivity contribution in [2.24, 2.45) is 0 Å². The van der Waals surface area contributed by atoms with Gasteiger partial charge in [0.25, 0.3) is 10.0 Å². The highest BCUT2D eigenvalue weighted by Gasteiger charge is 2.36. The molecule has 1 fully saturated rings. The molecule has 0 bridgehead atoms. The minimum absolute atomic E-state index is 0.0171. The normalized spacial score (nSPS) is 13.8. The summed E-state index contributed by atoms with van der Waals surface area (Å²) in [7, 11) is -1.33. The molecule has 5 rings (SSSR count). The summed E-state index contributed by atoms with van der Waals surface area (Å²) in [5.41, 5.74) is 2.70. The van der Waals surface area contributed by atoms with Crippen LogP contribution >= 0.6 is 11.6 Å². The summed E-state index contributed by atoms with van der Waals surface area (Å²) < 4.78 is 40.7. The highest BCUT2D eigenvalue weighted by Crippen LogP contribution is 2.34. The van der Waals surface area contributed by atoms with E-state index in [0.29, 0.717) is 16.5 Å². The van der Waals surface area contributed by atoms with E-state index in [9.17, 15) is 18.0 Å². The first kappa shape index (κ1) is 35.8. The molecule has 9 nitrogen and oxygen atoms in total. The summed E-state index contributed by atoms with van der Waals surface area (Å²) in [5.74, 6) is -0.131. The van der Waals surface area contributed by atoms with Gasteiger partial charge in [-0.15, -0.1) is 0 Å². The molecule has 1 N–H and O–H groups in total. The fourth-order valence-corrected chi connectivity index (χ4v) is 7.59. The van der Waals surface area contributed by atoms with Crippen molar-refractivity contribution in [1.29, 1.82) is 0 Å². The van der Waals surface area contributed by atoms with Gasteiger partial charge in [0.1, 0.15) is 12.6 Å². The van der Waals surface area contributed by atoms with Gasteiger partial charge >= 0.3 is 0 Å². The Morgan fingerprint density at radius 2 is 1.51 bits per heavy atom. The molecule has 49 heavy (non-hydrogen) atoms. The van der Waals surface area contributed by atoms with E-state index < -0.39 is 28.5 Å². The number of ether oxygens (including phenoxy) is 2. The number of rotatable bonds is 14. The van der Waals surface area contributed by atoms with Gasteiger partial charge < -0.3 is 19.7 Å². The molecule has 2 amide bonds. The van der Waals surface area contributed by atoms with E-state index in [2.05, 4.69) is 5.32 Å². The van der Waals surface area contributed by atoms with Gasteiger partial charge in [0.2, 0.25) is 11.8 Å². The number of anilines is 1. The monoisotopic (exact) mass is 703 g/mol. The first-order valence-corrected chi connectivity index (χ1v) is 18.1. The SMILES string of the molecule is COc1ccc(N(CC(=O)N(Cc2ccc(Cl)cc2)[C@@H](Cc2ccccc2)C(=O)NC2CCCC2)S(=O)(=O)c2ccc(C)cc2)cc1OC. The molecule has 1 saturated carbocycles. The lowest BCUT2D eigenvalue weighted by Gasteiger charge is -2.34. The van der Waals surface area contributed by atoms with Crippen LogP contribution in [0.4, 0.5) is 5.69 Å². The van der Waals surface area contributed by atoms with Crippen LogP contribution in [-0.2, 0) is 32.6 Å². The fraction of sp³-hybridized carbons (Fsp3) is 0.316. The van der Waals surface area contributed by atoms with E-state index in [0.717, 1.165) is 46.7 Å². The van der Waals surface area contributed by atoms with Gasteiger partial charge in [0, 0.05) is 30.1 Å². The predicted molar refractivity (Wildman–Crippen MR) is 192 cm³/mol. The summed E-state index contributed by atoms with van der Waals surface area (Å²) >= 11 is 6.19. The third-order valence-corrected chi connectivity index (χ3v) is 10.8. The maximum atomic E-state index is 14.7. The molecule has 1 aliphatic rings. The van der Waals surface area contributed by atoms with Crippen LogP contribution in [-0.4, -0.2) is 58.0 Å². The Balaban J connectivity index is 1.59. The van der Waals surface area contributed by atoms with Gasteiger partial charge in [-0.2, -0.15) is 0 Å². The minimum Gasteiger partial charge on any atom is -0.493 e. The van der Waals surface area contributed by atoms with Gasteiger partial charge in [-0.3, -0.25) is 13.9 Å². The highest BCUT2D eigenvalue weighted by molar-refractivity contribution is 7.92. The van der Waals surface area contributed by atoms with E-state index in [-0.39, 0.29) is 35.5 Å². The average Bonchev–Trinajstić information content (AvgIpc) is 3.62. The Hall–Kier alpha value is -4.54. The average molecular weight is 704 g/mol. The summed E-state index contributed by atoms with van der Waals surface area (Å²) in [4.78, 5) is 30.4. The van der Waals surface area contributed by atoms with Gasteiger partial charge in [0.15, 0.2) is 11.5 Å². The topological polar surface area (TPSA) is 105 Å². The molecule has 258 valence electrons. The van der Waals surface area contributed by atoms with Crippen LogP contribution in [0, 0.1) is 6.92 Å². The molecular formula is C38H42ClN3O6S. The van der Waals surface area contributed by atoms with Crippen molar-refractivity contribution in [3.8, 4) is 11.5 Å². The zero-order chi connectivity index (χ0) is 35.0. The smallest absolute Gasteiger partial charge is 0.264 e. The zero-order valence-corrected chi connectivity index (χ0v) is 29.5. The third kappa shape index (κ3) is 8.93.